The minimum atomic E-state index is -0.400. The first-order valence-electron chi connectivity index (χ1n) is 6.93. The maximum absolute atomic E-state index is 11.9. The van der Waals surface area contributed by atoms with Gasteiger partial charge < -0.3 is 9.47 Å². The van der Waals surface area contributed by atoms with E-state index in [4.69, 9.17) is 9.47 Å². The first-order chi connectivity index (χ1) is 9.95. The standard InChI is InChI=1S/C18H20O3/c1-12-8-13(2)10-16(9-12)20-11-18(19)21-17-7-5-6-14(3)15(17)4/h5-10H,11H2,1-4H3. The molecule has 0 aliphatic rings. The number of carbonyl (C=O) groups excluding carboxylic acids is 1. The summed E-state index contributed by atoms with van der Waals surface area (Å²) in [7, 11) is 0. The molecule has 2 aromatic rings. The molecule has 0 N–H and O–H groups in total. The van der Waals surface area contributed by atoms with Crippen molar-refractivity contribution in [1.29, 1.82) is 0 Å². The number of hydrogen-bond acceptors (Lipinski definition) is 3. The van der Waals surface area contributed by atoms with Gasteiger partial charge >= 0.3 is 5.97 Å². The maximum atomic E-state index is 11.9. The van der Waals surface area contributed by atoms with Crippen LogP contribution in [0.1, 0.15) is 22.3 Å². The van der Waals surface area contributed by atoms with Crippen LogP contribution in [0.3, 0.4) is 0 Å². The van der Waals surface area contributed by atoms with Crippen molar-refractivity contribution in [3.05, 3.63) is 58.7 Å². The minimum absolute atomic E-state index is 0.101. The van der Waals surface area contributed by atoms with E-state index in [1.165, 1.54) is 0 Å². The molecule has 0 aliphatic carbocycles. The van der Waals surface area contributed by atoms with Gasteiger partial charge in [-0.05, 0) is 68.1 Å². The van der Waals surface area contributed by atoms with E-state index in [-0.39, 0.29) is 6.61 Å². The van der Waals surface area contributed by atoms with Crippen LogP contribution in [0.15, 0.2) is 36.4 Å². The molecule has 0 fully saturated rings. The molecule has 110 valence electrons. The van der Waals surface area contributed by atoms with Crippen LogP contribution in [0.4, 0.5) is 0 Å². The Balaban J connectivity index is 1.97. The Morgan fingerprint density at radius 1 is 1.00 bits per heavy atom. The normalized spacial score (nSPS) is 10.3. The van der Waals surface area contributed by atoms with Crippen LogP contribution in [0.25, 0.3) is 0 Å². The van der Waals surface area contributed by atoms with E-state index in [1.807, 2.05) is 52.0 Å². The third-order valence-electron chi connectivity index (χ3n) is 3.33. The predicted molar refractivity (Wildman–Crippen MR) is 83.0 cm³/mol. The van der Waals surface area contributed by atoms with Crippen LogP contribution in [-0.2, 0) is 4.79 Å². The lowest BCUT2D eigenvalue weighted by Crippen LogP contribution is -2.18. The Morgan fingerprint density at radius 2 is 1.67 bits per heavy atom. The van der Waals surface area contributed by atoms with Crippen molar-refractivity contribution >= 4 is 5.97 Å². The topological polar surface area (TPSA) is 35.5 Å². The van der Waals surface area contributed by atoms with Crippen LogP contribution in [0.5, 0.6) is 11.5 Å². The zero-order chi connectivity index (χ0) is 15.4. The van der Waals surface area contributed by atoms with Crippen molar-refractivity contribution in [2.45, 2.75) is 27.7 Å². The van der Waals surface area contributed by atoms with Crippen molar-refractivity contribution in [2.24, 2.45) is 0 Å². The van der Waals surface area contributed by atoms with E-state index in [9.17, 15) is 4.79 Å². The molecule has 0 heterocycles. The van der Waals surface area contributed by atoms with E-state index in [0.717, 1.165) is 22.3 Å². The summed E-state index contributed by atoms with van der Waals surface area (Å²) in [6, 6.07) is 11.5. The molecule has 0 saturated carbocycles. The smallest absolute Gasteiger partial charge is 0.349 e. The molecule has 21 heavy (non-hydrogen) atoms. The molecule has 0 atom stereocenters. The van der Waals surface area contributed by atoms with E-state index in [1.54, 1.807) is 6.07 Å². The summed E-state index contributed by atoms with van der Waals surface area (Å²) in [5.74, 6) is 0.872. The molecule has 3 heteroatoms. The van der Waals surface area contributed by atoms with Gasteiger partial charge in [-0.25, -0.2) is 4.79 Å². The SMILES string of the molecule is Cc1cc(C)cc(OCC(=O)Oc2cccc(C)c2C)c1. The van der Waals surface area contributed by atoms with E-state index in [2.05, 4.69) is 6.07 Å². The second-order valence-corrected chi connectivity index (χ2v) is 5.28. The van der Waals surface area contributed by atoms with Gasteiger partial charge in [-0.3, -0.25) is 0 Å². The molecule has 0 unspecified atom stereocenters. The Kier molecular flexibility index (Phi) is 4.63. The Bertz CT molecular complexity index is 639. The lowest BCUT2D eigenvalue weighted by atomic mass is 10.1. The molecule has 2 aromatic carbocycles. The molecule has 0 spiro atoms. The van der Waals surface area contributed by atoms with E-state index >= 15 is 0 Å². The summed E-state index contributed by atoms with van der Waals surface area (Å²) < 4.78 is 10.8. The molecule has 0 saturated heterocycles. The summed E-state index contributed by atoms with van der Waals surface area (Å²) in [4.78, 5) is 11.9. The van der Waals surface area contributed by atoms with Crippen molar-refractivity contribution in [2.75, 3.05) is 6.61 Å². The van der Waals surface area contributed by atoms with Crippen molar-refractivity contribution in [3.63, 3.8) is 0 Å². The van der Waals surface area contributed by atoms with Gasteiger partial charge in [-0.2, -0.15) is 0 Å². The fraction of sp³-hybridized carbons (Fsp3) is 0.278. The number of rotatable bonds is 4. The Morgan fingerprint density at radius 3 is 2.33 bits per heavy atom. The van der Waals surface area contributed by atoms with E-state index in [0.29, 0.717) is 11.5 Å². The summed E-state index contributed by atoms with van der Waals surface area (Å²) in [6.07, 6.45) is 0. The Hall–Kier alpha value is -2.29. The maximum Gasteiger partial charge on any atom is 0.349 e. The first-order valence-corrected chi connectivity index (χ1v) is 6.93. The van der Waals surface area contributed by atoms with Crippen LogP contribution < -0.4 is 9.47 Å². The van der Waals surface area contributed by atoms with Gasteiger partial charge in [0, 0.05) is 0 Å². The molecule has 3 nitrogen and oxygen atoms in total. The summed E-state index contributed by atoms with van der Waals surface area (Å²) in [6.45, 7) is 7.81. The van der Waals surface area contributed by atoms with Gasteiger partial charge in [0.15, 0.2) is 6.61 Å². The first kappa shape index (κ1) is 15.1. The number of carbonyl (C=O) groups is 1. The summed E-state index contributed by atoms with van der Waals surface area (Å²) in [5.41, 5.74) is 4.27. The van der Waals surface area contributed by atoms with Gasteiger partial charge in [0.25, 0.3) is 0 Å². The third-order valence-corrected chi connectivity index (χ3v) is 3.33. The van der Waals surface area contributed by atoms with Crippen molar-refractivity contribution in [3.8, 4) is 11.5 Å². The van der Waals surface area contributed by atoms with Crippen molar-refractivity contribution < 1.29 is 14.3 Å². The van der Waals surface area contributed by atoms with E-state index < -0.39 is 5.97 Å². The van der Waals surface area contributed by atoms with Crippen LogP contribution >= 0.6 is 0 Å². The molecule has 2 rings (SSSR count). The van der Waals surface area contributed by atoms with Gasteiger partial charge in [-0.15, -0.1) is 0 Å². The van der Waals surface area contributed by atoms with Gasteiger partial charge in [-0.1, -0.05) is 18.2 Å². The zero-order valence-corrected chi connectivity index (χ0v) is 12.9. The van der Waals surface area contributed by atoms with Gasteiger partial charge in [0.2, 0.25) is 0 Å². The highest BCUT2D eigenvalue weighted by molar-refractivity contribution is 5.74. The second-order valence-electron chi connectivity index (χ2n) is 5.28. The number of esters is 1. The van der Waals surface area contributed by atoms with Crippen LogP contribution in [-0.4, -0.2) is 12.6 Å². The molecule has 0 amide bonds. The zero-order valence-electron chi connectivity index (χ0n) is 12.9. The summed E-state index contributed by atoms with van der Waals surface area (Å²) in [5, 5.41) is 0. The fourth-order valence-corrected chi connectivity index (χ4v) is 2.15. The lowest BCUT2D eigenvalue weighted by Gasteiger charge is -2.10. The quantitative estimate of drug-likeness (QED) is 0.631. The monoisotopic (exact) mass is 284 g/mol. The van der Waals surface area contributed by atoms with Crippen molar-refractivity contribution in [1.82, 2.24) is 0 Å². The number of ether oxygens (including phenoxy) is 2. The predicted octanol–water partition coefficient (Wildman–Crippen LogP) is 3.90. The number of hydrogen-bond donors (Lipinski definition) is 0. The molecular formula is C18H20O3. The highest BCUT2D eigenvalue weighted by Crippen LogP contribution is 2.21. The number of aryl methyl sites for hydroxylation is 3. The molecular weight excluding hydrogens is 264 g/mol. The average molecular weight is 284 g/mol. The molecule has 0 aromatic heterocycles. The highest BCUT2D eigenvalue weighted by atomic mass is 16.6. The Labute approximate surface area is 125 Å². The highest BCUT2D eigenvalue weighted by Gasteiger charge is 2.09. The minimum Gasteiger partial charge on any atom is -0.482 e. The molecule has 0 bridgehead atoms. The second kappa shape index (κ2) is 6.44. The fourth-order valence-electron chi connectivity index (χ4n) is 2.15. The average Bonchev–Trinajstić information content (AvgIpc) is 2.41. The lowest BCUT2D eigenvalue weighted by molar-refractivity contribution is -0.136. The largest absolute Gasteiger partial charge is 0.482 e. The third kappa shape index (κ3) is 4.09. The van der Waals surface area contributed by atoms with Gasteiger partial charge in [0.05, 0.1) is 0 Å². The van der Waals surface area contributed by atoms with Crippen LogP contribution in [0.2, 0.25) is 0 Å². The summed E-state index contributed by atoms with van der Waals surface area (Å²) >= 11 is 0. The molecule has 0 aliphatic heterocycles. The molecule has 0 radical (unpaired) electrons. The van der Waals surface area contributed by atoms with Crippen LogP contribution in [0, 0.1) is 27.7 Å². The number of benzene rings is 2. The van der Waals surface area contributed by atoms with Gasteiger partial charge in [0.1, 0.15) is 11.5 Å².